The quantitative estimate of drug-likeness (QED) is 0.779. The van der Waals surface area contributed by atoms with Crippen LogP contribution in [-0.2, 0) is 16.2 Å². The molecule has 0 bridgehead atoms. The molecule has 1 aromatic carbocycles. The van der Waals surface area contributed by atoms with Crippen molar-refractivity contribution in [3.63, 3.8) is 0 Å². The Morgan fingerprint density at radius 2 is 2.33 bits per heavy atom. The van der Waals surface area contributed by atoms with Gasteiger partial charge in [-0.05, 0) is 31.9 Å². The molecular weight excluding hydrogens is 248 g/mol. The first-order valence-corrected chi connectivity index (χ1v) is 6.80. The third-order valence-corrected chi connectivity index (χ3v) is 4.05. The second-order valence-electron chi connectivity index (χ2n) is 5.24. The van der Waals surface area contributed by atoms with E-state index in [0.717, 1.165) is 31.0 Å². The molecule has 1 aromatic heterocycles. The van der Waals surface area contributed by atoms with Crippen LogP contribution in [0.15, 0.2) is 18.2 Å². The Morgan fingerprint density at radius 3 is 3.00 bits per heavy atom. The number of hydrogen-bond acceptors (Lipinski definition) is 2. The van der Waals surface area contributed by atoms with Crippen molar-refractivity contribution in [3.05, 3.63) is 29.6 Å². The zero-order valence-electron chi connectivity index (χ0n) is 10.7. The summed E-state index contributed by atoms with van der Waals surface area (Å²) in [5, 5.41) is 0. The smallest absolute Gasteiger partial charge is 0.125 e. The van der Waals surface area contributed by atoms with Crippen LogP contribution in [0.25, 0.3) is 11.0 Å². The number of aryl methyl sites for hydroxylation is 1. The number of alkyl halides is 1. The molecule has 1 aliphatic rings. The molecule has 0 spiro atoms. The largest absolute Gasteiger partial charge is 0.379 e. The number of hydrogen-bond donors (Lipinski definition) is 0. The van der Waals surface area contributed by atoms with Crippen LogP contribution in [0.4, 0.5) is 0 Å². The highest BCUT2D eigenvalue weighted by atomic mass is 35.5. The average molecular weight is 265 g/mol. The first-order chi connectivity index (χ1) is 8.65. The minimum Gasteiger partial charge on any atom is -0.379 e. The molecule has 2 aromatic rings. The fraction of sp³-hybridized carbons (Fsp3) is 0.500. The number of halogens is 1. The van der Waals surface area contributed by atoms with Gasteiger partial charge >= 0.3 is 0 Å². The van der Waals surface area contributed by atoms with Crippen LogP contribution in [-0.4, -0.2) is 22.8 Å². The standard InChI is InChI=1S/C14H17ClN2O/c1-10-4-3-5-11-13(10)16-12(8-15)17(11)14(2)6-7-18-9-14/h3-5H,6-9H2,1-2H3. The van der Waals surface area contributed by atoms with Crippen molar-refractivity contribution >= 4 is 22.6 Å². The Hall–Kier alpha value is -1.06. The molecule has 1 saturated heterocycles. The summed E-state index contributed by atoms with van der Waals surface area (Å²) in [6, 6.07) is 6.28. The van der Waals surface area contributed by atoms with Crippen molar-refractivity contribution in [1.29, 1.82) is 0 Å². The summed E-state index contributed by atoms with van der Waals surface area (Å²) in [6.45, 7) is 5.85. The van der Waals surface area contributed by atoms with E-state index < -0.39 is 0 Å². The normalized spacial score (nSPS) is 23.9. The molecule has 1 aliphatic heterocycles. The summed E-state index contributed by atoms with van der Waals surface area (Å²) in [5.41, 5.74) is 3.40. The molecule has 3 nitrogen and oxygen atoms in total. The molecule has 0 amide bonds. The van der Waals surface area contributed by atoms with Crippen LogP contribution in [0.2, 0.25) is 0 Å². The first-order valence-electron chi connectivity index (χ1n) is 6.27. The lowest BCUT2D eigenvalue weighted by atomic mass is 10.0. The van der Waals surface area contributed by atoms with E-state index in [1.807, 2.05) is 0 Å². The number of aromatic nitrogens is 2. The van der Waals surface area contributed by atoms with Gasteiger partial charge in [0.15, 0.2) is 0 Å². The third kappa shape index (κ3) is 1.65. The van der Waals surface area contributed by atoms with E-state index in [1.165, 1.54) is 11.1 Å². The number of imidazole rings is 1. The lowest BCUT2D eigenvalue weighted by molar-refractivity contribution is 0.162. The van der Waals surface area contributed by atoms with E-state index in [4.69, 9.17) is 21.3 Å². The van der Waals surface area contributed by atoms with Crippen LogP contribution < -0.4 is 0 Å². The molecule has 1 fully saturated rings. The van der Waals surface area contributed by atoms with E-state index >= 15 is 0 Å². The van der Waals surface area contributed by atoms with Gasteiger partial charge in [0.25, 0.3) is 0 Å². The summed E-state index contributed by atoms with van der Waals surface area (Å²) in [7, 11) is 0. The van der Waals surface area contributed by atoms with Gasteiger partial charge in [-0.15, -0.1) is 11.6 Å². The maximum Gasteiger partial charge on any atom is 0.125 e. The zero-order chi connectivity index (χ0) is 12.8. The molecule has 0 saturated carbocycles. The second kappa shape index (κ2) is 4.25. The van der Waals surface area contributed by atoms with Gasteiger partial charge in [-0.1, -0.05) is 12.1 Å². The highest BCUT2D eigenvalue weighted by molar-refractivity contribution is 6.16. The van der Waals surface area contributed by atoms with Crippen LogP contribution >= 0.6 is 11.6 Å². The van der Waals surface area contributed by atoms with E-state index in [-0.39, 0.29) is 5.54 Å². The molecule has 18 heavy (non-hydrogen) atoms. The van der Waals surface area contributed by atoms with Crippen LogP contribution in [0, 0.1) is 6.92 Å². The molecular formula is C14H17ClN2O. The molecule has 3 rings (SSSR count). The van der Waals surface area contributed by atoms with Crippen LogP contribution in [0.5, 0.6) is 0 Å². The molecule has 0 radical (unpaired) electrons. The van der Waals surface area contributed by atoms with Crippen molar-refractivity contribution in [2.75, 3.05) is 13.2 Å². The Kier molecular flexibility index (Phi) is 2.83. The van der Waals surface area contributed by atoms with E-state index in [2.05, 4.69) is 36.6 Å². The van der Waals surface area contributed by atoms with E-state index in [1.54, 1.807) is 0 Å². The van der Waals surface area contributed by atoms with Gasteiger partial charge in [0.05, 0.1) is 29.1 Å². The number of para-hydroxylation sites is 1. The van der Waals surface area contributed by atoms with Crippen LogP contribution in [0.3, 0.4) is 0 Å². The van der Waals surface area contributed by atoms with Gasteiger partial charge in [0.1, 0.15) is 5.82 Å². The number of nitrogens with zero attached hydrogens (tertiary/aromatic N) is 2. The zero-order valence-corrected chi connectivity index (χ0v) is 11.5. The van der Waals surface area contributed by atoms with Gasteiger partial charge < -0.3 is 9.30 Å². The third-order valence-electron chi connectivity index (χ3n) is 3.81. The average Bonchev–Trinajstić information content (AvgIpc) is 2.94. The van der Waals surface area contributed by atoms with E-state index in [9.17, 15) is 0 Å². The Morgan fingerprint density at radius 1 is 1.50 bits per heavy atom. The van der Waals surface area contributed by atoms with Gasteiger partial charge in [-0.3, -0.25) is 0 Å². The molecule has 1 atom stereocenters. The lowest BCUT2D eigenvalue weighted by Gasteiger charge is -2.26. The minimum atomic E-state index is -0.0211. The lowest BCUT2D eigenvalue weighted by Crippen LogP contribution is -2.31. The van der Waals surface area contributed by atoms with Crippen molar-refractivity contribution in [3.8, 4) is 0 Å². The number of fused-ring (bicyclic) bond motifs is 1. The summed E-state index contributed by atoms with van der Waals surface area (Å²) in [5.74, 6) is 1.37. The van der Waals surface area contributed by atoms with Crippen molar-refractivity contribution < 1.29 is 4.74 Å². The summed E-state index contributed by atoms with van der Waals surface area (Å²) >= 11 is 6.07. The summed E-state index contributed by atoms with van der Waals surface area (Å²) < 4.78 is 7.84. The molecule has 1 unspecified atom stereocenters. The Balaban J connectivity index is 2.29. The Labute approximate surface area is 112 Å². The summed E-state index contributed by atoms with van der Waals surface area (Å²) in [4.78, 5) is 4.70. The predicted molar refractivity (Wildman–Crippen MR) is 73.1 cm³/mol. The molecule has 0 N–H and O–H groups in total. The molecule has 96 valence electrons. The topological polar surface area (TPSA) is 27.1 Å². The molecule has 0 aliphatic carbocycles. The maximum absolute atomic E-state index is 6.07. The number of benzene rings is 1. The van der Waals surface area contributed by atoms with Gasteiger partial charge in [0, 0.05) is 6.61 Å². The Bertz CT molecular complexity index is 585. The molecule has 2 heterocycles. The van der Waals surface area contributed by atoms with Gasteiger partial charge in [0.2, 0.25) is 0 Å². The van der Waals surface area contributed by atoms with Crippen LogP contribution in [0.1, 0.15) is 24.7 Å². The maximum atomic E-state index is 6.07. The second-order valence-corrected chi connectivity index (χ2v) is 5.51. The van der Waals surface area contributed by atoms with Gasteiger partial charge in [-0.25, -0.2) is 4.98 Å². The number of ether oxygens (including phenoxy) is 1. The fourth-order valence-electron chi connectivity index (χ4n) is 2.81. The highest BCUT2D eigenvalue weighted by Crippen LogP contribution is 2.33. The van der Waals surface area contributed by atoms with Crippen molar-refractivity contribution in [2.45, 2.75) is 31.7 Å². The van der Waals surface area contributed by atoms with Crippen molar-refractivity contribution in [2.24, 2.45) is 0 Å². The van der Waals surface area contributed by atoms with Crippen molar-refractivity contribution in [1.82, 2.24) is 9.55 Å². The monoisotopic (exact) mass is 264 g/mol. The fourth-order valence-corrected chi connectivity index (χ4v) is 2.99. The van der Waals surface area contributed by atoms with E-state index in [0.29, 0.717) is 5.88 Å². The summed E-state index contributed by atoms with van der Waals surface area (Å²) in [6.07, 6.45) is 1.01. The minimum absolute atomic E-state index is 0.0211. The number of rotatable bonds is 2. The first kappa shape index (κ1) is 12.0. The highest BCUT2D eigenvalue weighted by Gasteiger charge is 2.34. The SMILES string of the molecule is Cc1cccc2c1nc(CCl)n2C1(C)CCOC1. The molecule has 4 heteroatoms. The van der Waals surface area contributed by atoms with Gasteiger partial charge in [-0.2, -0.15) is 0 Å². The predicted octanol–water partition coefficient (Wildman–Crippen LogP) is 3.22.